The van der Waals surface area contributed by atoms with Gasteiger partial charge in [-0.15, -0.1) is 0 Å². The number of benzene rings is 2. The summed E-state index contributed by atoms with van der Waals surface area (Å²) >= 11 is 13.9. The Morgan fingerprint density at radius 3 is 2.48 bits per heavy atom. The maximum atomic E-state index is 12.8. The number of thioether (sulfide) groups is 1. The van der Waals surface area contributed by atoms with E-state index in [-0.39, 0.29) is 11.0 Å². The lowest BCUT2D eigenvalue weighted by molar-refractivity contribution is 0.427. The fraction of sp³-hybridized carbons (Fsp3) is 0.333. The van der Waals surface area contributed by atoms with E-state index in [0.29, 0.717) is 18.1 Å². The summed E-state index contributed by atoms with van der Waals surface area (Å²) in [6.07, 6.45) is 0.758. The number of hydrogen-bond acceptors (Lipinski definition) is 3. The Balaban J connectivity index is 1.69. The van der Waals surface area contributed by atoms with Crippen LogP contribution in [0.3, 0.4) is 0 Å². The number of hydrogen-bond donors (Lipinski definition) is 0. The Bertz CT molecular complexity index is 825. The van der Waals surface area contributed by atoms with Gasteiger partial charge < -0.3 is 0 Å². The van der Waals surface area contributed by atoms with E-state index in [9.17, 15) is 8.42 Å². The second-order valence-corrected chi connectivity index (χ2v) is 10.1. The molecule has 1 heterocycles. The average Bonchev–Trinajstić information content (AvgIpc) is 2.84. The molecule has 0 saturated carbocycles. The zero-order valence-electron chi connectivity index (χ0n) is 13.6. The van der Waals surface area contributed by atoms with E-state index in [0.717, 1.165) is 28.3 Å². The molecule has 2 aromatic rings. The molecular weight excluding hydrogens is 397 g/mol. The molecule has 0 bridgehead atoms. The van der Waals surface area contributed by atoms with Gasteiger partial charge in [0, 0.05) is 34.1 Å². The van der Waals surface area contributed by atoms with E-state index >= 15 is 0 Å². The molecule has 3 rings (SSSR count). The number of halogens is 2. The predicted octanol–water partition coefficient (Wildman–Crippen LogP) is 5.00. The molecular formula is C18H19Cl2NO2S2. The van der Waals surface area contributed by atoms with Gasteiger partial charge in [-0.3, -0.25) is 0 Å². The van der Waals surface area contributed by atoms with Crippen molar-refractivity contribution in [1.82, 2.24) is 4.31 Å². The molecule has 134 valence electrons. The van der Waals surface area contributed by atoms with Crippen LogP contribution in [0, 0.1) is 0 Å². The molecule has 2 aromatic carbocycles. The lowest BCUT2D eigenvalue weighted by atomic mass is 10.1. The molecule has 1 fully saturated rings. The normalized spacial score (nSPS) is 19.5. The van der Waals surface area contributed by atoms with Gasteiger partial charge in [-0.1, -0.05) is 53.5 Å². The van der Waals surface area contributed by atoms with Crippen LogP contribution >= 0.6 is 35.0 Å². The molecule has 0 aromatic heterocycles. The van der Waals surface area contributed by atoms with Crippen LogP contribution in [0.4, 0.5) is 0 Å². The van der Waals surface area contributed by atoms with Gasteiger partial charge in [0.15, 0.2) is 0 Å². The molecule has 0 radical (unpaired) electrons. The van der Waals surface area contributed by atoms with Crippen molar-refractivity contribution in [3.05, 3.63) is 69.7 Å². The highest BCUT2D eigenvalue weighted by Crippen LogP contribution is 2.38. The maximum absolute atomic E-state index is 12.8. The van der Waals surface area contributed by atoms with E-state index in [1.165, 1.54) is 0 Å². The standard InChI is InChI=1S/C18H19Cl2NO2S2/c19-15-7-5-14(6-8-15)13-25(22,23)21-10-9-18(24-12-11-21)16-3-1-2-4-17(16)20/h1-8,18H,9-13H2. The van der Waals surface area contributed by atoms with Gasteiger partial charge in [0.1, 0.15) is 0 Å². The molecule has 3 nitrogen and oxygen atoms in total. The van der Waals surface area contributed by atoms with Crippen LogP contribution in [0.2, 0.25) is 10.0 Å². The van der Waals surface area contributed by atoms with Gasteiger partial charge in [0.2, 0.25) is 10.0 Å². The van der Waals surface area contributed by atoms with Crippen LogP contribution in [0.15, 0.2) is 48.5 Å². The molecule has 1 unspecified atom stereocenters. The summed E-state index contributed by atoms with van der Waals surface area (Å²) in [5, 5.41) is 1.58. The Morgan fingerprint density at radius 1 is 1.04 bits per heavy atom. The van der Waals surface area contributed by atoms with E-state index in [1.54, 1.807) is 40.3 Å². The fourth-order valence-corrected chi connectivity index (χ4v) is 6.29. The average molecular weight is 416 g/mol. The van der Waals surface area contributed by atoms with Crippen molar-refractivity contribution in [2.75, 3.05) is 18.8 Å². The summed E-state index contributed by atoms with van der Waals surface area (Å²) in [6, 6.07) is 14.8. The smallest absolute Gasteiger partial charge is 0.212 e. The quantitative estimate of drug-likeness (QED) is 0.704. The highest BCUT2D eigenvalue weighted by molar-refractivity contribution is 7.99. The van der Waals surface area contributed by atoms with Crippen molar-refractivity contribution in [1.29, 1.82) is 0 Å². The molecule has 1 atom stereocenters. The summed E-state index contributed by atoms with van der Waals surface area (Å²) in [6.45, 7) is 1.04. The maximum Gasteiger partial charge on any atom is 0.218 e. The van der Waals surface area contributed by atoms with Gasteiger partial charge in [-0.05, 0) is 35.7 Å². The van der Waals surface area contributed by atoms with Crippen LogP contribution in [0.25, 0.3) is 0 Å². The second kappa shape index (κ2) is 8.31. The van der Waals surface area contributed by atoms with E-state index in [2.05, 4.69) is 0 Å². The molecule has 1 saturated heterocycles. The third-order valence-corrected chi connectivity index (χ3v) is 7.96. The first-order chi connectivity index (χ1) is 12.0. The highest BCUT2D eigenvalue weighted by Gasteiger charge is 2.27. The number of rotatable bonds is 4. The van der Waals surface area contributed by atoms with Crippen LogP contribution in [-0.2, 0) is 15.8 Å². The zero-order chi connectivity index (χ0) is 17.9. The first kappa shape index (κ1) is 19.1. The van der Waals surface area contributed by atoms with E-state index in [4.69, 9.17) is 23.2 Å². The van der Waals surface area contributed by atoms with Crippen LogP contribution in [0.1, 0.15) is 22.8 Å². The summed E-state index contributed by atoms with van der Waals surface area (Å²) in [4.78, 5) is 0. The van der Waals surface area contributed by atoms with Crippen molar-refractivity contribution >= 4 is 45.0 Å². The molecule has 1 aliphatic heterocycles. The Morgan fingerprint density at radius 2 is 1.76 bits per heavy atom. The molecule has 0 amide bonds. The van der Waals surface area contributed by atoms with Crippen molar-refractivity contribution in [2.24, 2.45) is 0 Å². The highest BCUT2D eigenvalue weighted by atomic mass is 35.5. The van der Waals surface area contributed by atoms with Gasteiger partial charge in [0.05, 0.1) is 5.75 Å². The Hall–Kier alpha value is -0.720. The largest absolute Gasteiger partial charge is 0.218 e. The lowest BCUT2D eigenvalue weighted by Gasteiger charge is -2.20. The lowest BCUT2D eigenvalue weighted by Crippen LogP contribution is -2.34. The third-order valence-electron chi connectivity index (χ3n) is 4.21. The third kappa shape index (κ3) is 4.92. The van der Waals surface area contributed by atoms with Gasteiger partial charge in [-0.2, -0.15) is 11.8 Å². The second-order valence-electron chi connectivity index (χ2n) is 5.95. The minimum atomic E-state index is -3.34. The van der Waals surface area contributed by atoms with Crippen molar-refractivity contribution < 1.29 is 8.42 Å². The molecule has 0 N–H and O–H groups in total. The Labute approximate surface area is 163 Å². The van der Waals surface area contributed by atoms with Crippen molar-refractivity contribution in [3.8, 4) is 0 Å². The van der Waals surface area contributed by atoms with Crippen molar-refractivity contribution in [2.45, 2.75) is 17.4 Å². The molecule has 7 heteroatoms. The monoisotopic (exact) mass is 415 g/mol. The zero-order valence-corrected chi connectivity index (χ0v) is 16.7. The van der Waals surface area contributed by atoms with E-state index in [1.807, 2.05) is 24.3 Å². The number of nitrogens with zero attached hydrogens (tertiary/aromatic N) is 1. The molecule has 1 aliphatic rings. The SMILES string of the molecule is O=S(=O)(Cc1ccc(Cl)cc1)N1CCSC(c2ccccc2Cl)CC1. The van der Waals surface area contributed by atoms with Crippen LogP contribution < -0.4 is 0 Å². The Kier molecular flexibility index (Phi) is 6.34. The predicted molar refractivity (Wildman–Crippen MR) is 107 cm³/mol. The summed E-state index contributed by atoms with van der Waals surface area (Å²) in [7, 11) is -3.34. The topological polar surface area (TPSA) is 37.4 Å². The first-order valence-corrected chi connectivity index (χ1v) is 11.5. The molecule has 0 aliphatic carbocycles. The van der Waals surface area contributed by atoms with Crippen LogP contribution in [0.5, 0.6) is 0 Å². The van der Waals surface area contributed by atoms with Crippen LogP contribution in [-0.4, -0.2) is 31.6 Å². The van der Waals surface area contributed by atoms with Gasteiger partial charge >= 0.3 is 0 Å². The summed E-state index contributed by atoms with van der Waals surface area (Å²) in [5.74, 6) is 0.765. The molecule has 0 spiro atoms. The summed E-state index contributed by atoms with van der Waals surface area (Å²) < 4.78 is 27.1. The fourth-order valence-electron chi connectivity index (χ4n) is 2.90. The number of sulfonamides is 1. The first-order valence-electron chi connectivity index (χ1n) is 8.04. The minimum absolute atomic E-state index is 0.00555. The minimum Gasteiger partial charge on any atom is -0.212 e. The summed E-state index contributed by atoms with van der Waals surface area (Å²) in [5.41, 5.74) is 1.84. The van der Waals surface area contributed by atoms with E-state index < -0.39 is 10.0 Å². The van der Waals surface area contributed by atoms with Gasteiger partial charge in [0.25, 0.3) is 0 Å². The van der Waals surface area contributed by atoms with Gasteiger partial charge in [-0.25, -0.2) is 12.7 Å². The van der Waals surface area contributed by atoms with Crippen molar-refractivity contribution in [3.63, 3.8) is 0 Å². The molecule has 25 heavy (non-hydrogen) atoms.